The molecule has 20 heteroatoms. The van der Waals surface area contributed by atoms with Gasteiger partial charge in [-0.1, -0.05) is 32.4 Å². The predicted molar refractivity (Wildman–Crippen MR) is 208 cm³/mol. The van der Waals surface area contributed by atoms with Crippen LogP contribution in [0.25, 0.3) is 10.8 Å². The molecule has 1 aromatic carbocycles. The monoisotopic (exact) mass is 869 g/mol. The highest BCUT2D eigenvalue weighted by Crippen LogP contribution is 2.48. The van der Waals surface area contributed by atoms with Crippen molar-refractivity contribution in [1.82, 2.24) is 24.8 Å². The molecule has 0 unspecified atom stereocenters. The average molecular weight is 870 g/mol. The number of allylic oxidation sites excluding steroid dienone is 1. The number of hydrogen-bond acceptors (Lipinski definition) is 10. The summed E-state index contributed by atoms with van der Waals surface area (Å²) >= 11 is 0. The Morgan fingerprint density at radius 2 is 1.78 bits per heavy atom. The van der Waals surface area contributed by atoms with Crippen molar-refractivity contribution in [2.24, 2.45) is 17.8 Å². The first kappa shape index (κ1) is 44.7. The summed E-state index contributed by atoms with van der Waals surface area (Å²) in [5.41, 5.74) is -4.92. The van der Waals surface area contributed by atoms with Gasteiger partial charge in [0, 0.05) is 23.1 Å². The van der Waals surface area contributed by atoms with E-state index in [1.54, 1.807) is 30.4 Å². The highest BCUT2D eigenvalue weighted by Gasteiger charge is 2.64. The van der Waals surface area contributed by atoms with Gasteiger partial charge in [0.15, 0.2) is 0 Å². The predicted octanol–water partition coefficient (Wildman–Crippen LogP) is 5.13. The largest absolute Gasteiger partial charge is 0.497 e. The average Bonchev–Trinajstić information content (AvgIpc) is 4.09. The zero-order chi connectivity index (χ0) is 44.2. The van der Waals surface area contributed by atoms with Crippen LogP contribution in [0.3, 0.4) is 0 Å². The second-order valence-corrected chi connectivity index (χ2v) is 19.0. The van der Waals surface area contributed by atoms with Crippen LogP contribution < -0.4 is 24.2 Å². The number of carbonyl (C=O) groups is 4. The summed E-state index contributed by atoms with van der Waals surface area (Å²) in [6, 6.07) is 1.48. The van der Waals surface area contributed by atoms with Crippen molar-refractivity contribution in [3.05, 3.63) is 36.5 Å². The molecule has 60 heavy (non-hydrogen) atoms. The van der Waals surface area contributed by atoms with Crippen molar-refractivity contribution in [2.45, 2.75) is 113 Å². The van der Waals surface area contributed by atoms with Gasteiger partial charge in [-0.2, -0.15) is 13.2 Å². The van der Waals surface area contributed by atoms with E-state index in [0.717, 1.165) is 4.90 Å². The lowest BCUT2D eigenvalue weighted by atomic mass is 9.88. The van der Waals surface area contributed by atoms with Crippen LogP contribution in [-0.2, 0) is 24.4 Å². The van der Waals surface area contributed by atoms with Gasteiger partial charge in [-0.15, -0.1) is 0 Å². The van der Waals surface area contributed by atoms with Crippen molar-refractivity contribution >= 4 is 44.6 Å². The Hall–Kier alpha value is -4.88. The number of hydrogen-bond donors (Lipinski definition) is 3. The first-order chi connectivity index (χ1) is 28.1. The van der Waals surface area contributed by atoms with Gasteiger partial charge in [-0.25, -0.2) is 22.6 Å². The van der Waals surface area contributed by atoms with Crippen LogP contribution in [0.2, 0.25) is 0 Å². The zero-order valence-electron chi connectivity index (χ0n) is 34.2. The minimum absolute atomic E-state index is 0.00314. The van der Waals surface area contributed by atoms with Gasteiger partial charge >= 0.3 is 12.3 Å². The molecule has 3 N–H and O–H groups in total. The van der Waals surface area contributed by atoms with E-state index in [-0.39, 0.29) is 48.8 Å². The molecule has 7 atom stereocenters. The number of ether oxygens (including phenoxy) is 3. The molecule has 2 aromatic rings. The molecule has 1 aromatic heterocycles. The van der Waals surface area contributed by atoms with Crippen molar-refractivity contribution in [3.63, 3.8) is 0 Å². The lowest BCUT2D eigenvalue weighted by Gasteiger charge is -2.45. The molecule has 15 nitrogen and oxygen atoms in total. The van der Waals surface area contributed by atoms with Crippen LogP contribution in [-0.4, -0.2) is 120 Å². The van der Waals surface area contributed by atoms with Crippen LogP contribution in [0.4, 0.5) is 22.4 Å². The van der Waals surface area contributed by atoms with Crippen molar-refractivity contribution in [3.8, 4) is 17.4 Å². The van der Waals surface area contributed by atoms with Crippen molar-refractivity contribution < 1.29 is 64.5 Å². The van der Waals surface area contributed by atoms with Gasteiger partial charge in [0.05, 0.1) is 27.0 Å². The van der Waals surface area contributed by atoms with E-state index in [4.69, 9.17) is 14.2 Å². The summed E-state index contributed by atoms with van der Waals surface area (Å²) in [5.74, 6) is -4.13. The number of nitrogens with one attached hydrogen (secondary N) is 2. The zero-order valence-corrected chi connectivity index (χ0v) is 35.0. The minimum atomic E-state index is -5.12. The lowest BCUT2D eigenvalue weighted by Crippen LogP contribution is -2.66. The van der Waals surface area contributed by atoms with Gasteiger partial charge in [-0.3, -0.25) is 24.0 Å². The number of alkyl halides is 4. The Morgan fingerprint density at radius 1 is 1.08 bits per heavy atom. The molecular formula is C40H51F4N5O10S. The number of rotatable bonds is 10. The number of sulfonamides is 1. The molecule has 330 valence electrons. The van der Waals surface area contributed by atoms with Crippen LogP contribution >= 0.6 is 0 Å². The fourth-order valence-corrected chi connectivity index (χ4v) is 9.69. The van der Waals surface area contributed by atoms with Gasteiger partial charge in [-0.05, 0) is 76.0 Å². The Kier molecular flexibility index (Phi) is 12.1. The van der Waals surface area contributed by atoms with Crippen LogP contribution in [0.1, 0.15) is 72.6 Å². The van der Waals surface area contributed by atoms with E-state index in [1.807, 2.05) is 11.6 Å². The number of fused-ring (bicyclic) bond motifs is 3. The first-order valence-electron chi connectivity index (χ1n) is 19.8. The third-order valence-corrected chi connectivity index (χ3v) is 14.7. The lowest BCUT2D eigenvalue weighted by molar-refractivity contribution is -0.222. The number of amides is 4. The summed E-state index contributed by atoms with van der Waals surface area (Å²) < 4.78 is 102. The molecule has 0 spiro atoms. The molecule has 0 bridgehead atoms. The maximum absolute atomic E-state index is 15.0. The third-order valence-electron chi connectivity index (χ3n) is 12.5. The third kappa shape index (κ3) is 8.14. The molecular weight excluding hydrogens is 819 g/mol. The molecule has 0 radical (unpaired) electrons. The molecule has 1 saturated heterocycles. The highest BCUT2D eigenvalue weighted by atomic mass is 32.2. The van der Waals surface area contributed by atoms with Crippen molar-refractivity contribution in [1.29, 1.82) is 0 Å². The van der Waals surface area contributed by atoms with Gasteiger partial charge in [0.2, 0.25) is 27.7 Å². The number of nitrogens with zero attached hydrogens (tertiary/aromatic N) is 3. The second kappa shape index (κ2) is 16.2. The molecule has 4 amide bonds. The summed E-state index contributed by atoms with van der Waals surface area (Å²) in [6.45, 7) is 3.02. The Labute approximate surface area is 345 Å². The van der Waals surface area contributed by atoms with E-state index in [0.29, 0.717) is 49.0 Å². The Balaban J connectivity index is 1.43. The molecule has 2 saturated carbocycles. The number of carboxylic acid groups (broad SMARTS) is 1. The molecule has 2 aliphatic carbocycles. The summed E-state index contributed by atoms with van der Waals surface area (Å²) in [4.78, 5) is 61.9. The van der Waals surface area contributed by atoms with E-state index in [1.165, 1.54) is 27.3 Å². The SMILES string of the molecule is COc1ccc2c(O[C@@H]3C[C@H]4C(=O)N[C@]5(C(=O)NS(=O)(=O)C6(CF)CC6)C[C@H]5C=C[C@@H](C)CCC[C@@H](C)[C@H](N(C(=O)O)C(C)(C)C(F)(F)F)C(=O)N4C3)ncc(OC)c2c1. The van der Waals surface area contributed by atoms with Crippen LogP contribution in [0.5, 0.6) is 17.4 Å². The number of pyridine rings is 1. The number of methoxy groups -OCH3 is 2. The molecule has 3 fully saturated rings. The van der Waals surface area contributed by atoms with Crippen LogP contribution in [0.15, 0.2) is 36.5 Å². The highest BCUT2D eigenvalue weighted by molar-refractivity contribution is 7.91. The normalized spacial score (nSPS) is 28.3. The van der Waals surface area contributed by atoms with E-state index in [9.17, 15) is 50.3 Å². The van der Waals surface area contributed by atoms with Crippen molar-refractivity contribution in [2.75, 3.05) is 27.4 Å². The van der Waals surface area contributed by atoms with E-state index >= 15 is 0 Å². The number of aromatic nitrogens is 1. The number of benzene rings is 1. The maximum Gasteiger partial charge on any atom is 0.411 e. The van der Waals surface area contributed by atoms with Gasteiger partial charge in [0.25, 0.3) is 5.91 Å². The topological polar surface area (TPSA) is 194 Å². The summed E-state index contributed by atoms with van der Waals surface area (Å²) in [5, 5.41) is 14.1. The Morgan fingerprint density at radius 3 is 2.38 bits per heavy atom. The smallest absolute Gasteiger partial charge is 0.411 e. The fourth-order valence-electron chi connectivity index (χ4n) is 8.27. The molecule has 6 rings (SSSR count). The van der Waals surface area contributed by atoms with Gasteiger partial charge < -0.3 is 29.5 Å². The number of carbonyl (C=O) groups excluding carboxylic acids is 3. The first-order valence-corrected chi connectivity index (χ1v) is 21.2. The van der Waals surface area contributed by atoms with E-state index in [2.05, 4.69) is 10.3 Å². The molecule has 4 aliphatic rings. The molecule has 3 heterocycles. The van der Waals surface area contributed by atoms with Crippen LogP contribution in [0, 0.1) is 17.8 Å². The number of halogens is 4. The van der Waals surface area contributed by atoms with Gasteiger partial charge in [0.1, 0.15) is 52.2 Å². The Bertz CT molecular complexity index is 2170. The summed E-state index contributed by atoms with van der Waals surface area (Å²) in [7, 11) is -1.60. The fraction of sp³-hybridized carbons (Fsp3) is 0.625. The maximum atomic E-state index is 15.0. The van der Waals surface area contributed by atoms with E-state index < -0.39 is 99.1 Å². The second-order valence-electron chi connectivity index (χ2n) is 17.0. The standard InChI is InChI=1S/C40H51F4N5O10S/c1-22-8-7-9-23(2)31(49(36(53)54)37(3,4)40(42,43)44)34(51)48-20-26(59-33-27-13-12-25(57-5)16-28(27)30(58-6)19-45-33)17-29(48)32(50)46-39(18-24(39)11-10-22)35(52)47-60(55,56)38(21-41)14-15-38/h10-13,16,19,22-24,26,29,31H,7-9,14-15,17-18,20-21H2,1-6H3,(H,46,50)(H,47,52)(H,53,54)/t22-,23+,24+,26+,29-,31-,39+/m0/s1. The molecule has 2 aliphatic heterocycles. The quantitative estimate of drug-likeness (QED) is 0.212. The summed E-state index contributed by atoms with van der Waals surface area (Å²) in [6.07, 6.45) is -2.73. The minimum Gasteiger partial charge on any atom is -0.497 e.